The maximum absolute atomic E-state index is 12.5. The maximum Gasteiger partial charge on any atom is 0.274 e. The van der Waals surface area contributed by atoms with Crippen molar-refractivity contribution in [2.75, 3.05) is 32.0 Å². The van der Waals surface area contributed by atoms with Crippen molar-refractivity contribution in [1.82, 2.24) is 19.8 Å². The normalized spacial score (nSPS) is 20.0. The van der Waals surface area contributed by atoms with Crippen LogP contribution in [0.2, 0.25) is 0 Å². The van der Waals surface area contributed by atoms with Gasteiger partial charge in [0.05, 0.1) is 12.4 Å². The Hall–Kier alpha value is -2.47. The molecule has 0 spiro atoms. The quantitative estimate of drug-likeness (QED) is 0.915. The fourth-order valence-corrected chi connectivity index (χ4v) is 3.81. The highest BCUT2D eigenvalue weighted by molar-refractivity contribution is 5.92. The zero-order chi connectivity index (χ0) is 17.9. The molecule has 2 aliphatic heterocycles. The van der Waals surface area contributed by atoms with Crippen molar-refractivity contribution >= 4 is 11.7 Å². The molecule has 1 aromatic carbocycles. The first-order valence-electron chi connectivity index (χ1n) is 9.33. The van der Waals surface area contributed by atoms with Gasteiger partial charge in [-0.05, 0) is 37.4 Å². The number of amides is 1. The van der Waals surface area contributed by atoms with Gasteiger partial charge in [-0.1, -0.05) is 24.3 Å². The van der Waals surface area contributed by atoms with Crippen molar-refractivity contribution in [3.05, 3.63) is 53.5 Å². The molecule has 2 aliphatic rings. The minimum Gasteiger partial charge on any atom is -0.367 e. The van der Waals surface area contributed by atoms with Gasteiger partial charge in [-0.2, -0.15) is 0 Å². The SMILES string of the molecule is CN1Cc2ccccc2C[C@@H]1CNc1cncc(C(=O)N2CCCC2)n1. The van der Waals surface area contributed by atoms with E-state index in [9.17, 15) is 4.79 Å². The molecule has 0 bridgehead atoms. The summed E-state index contributed by atoms with van der Waals surface area (Å²) in [4.78, 5) is 25.4. The summed E-state index contributed by atoms with van der Waals surface area (Å²) >= 11 is 0. The molecular weight excluding hydrogens is 326 g/mol. The average molecular weight is 351 g/mol. The zero-order valence-corrected chi connectivity index (χ0v) is 15.2. The molecule has 1 fully saturated rings. The van der Waals surface area contributed by atoms with E-state index in [1.54, 1.807) is 12.4 Å². The average Bonchev–Trinajstić information content (AvgIpc) is 3.21. The highest BCUT2D eigenvalue weighted by atomic mass is 16.2. The monoisotopic (exact) mass is 351 g/mol. The number of carbonyl (C=O) groups is 1. The number of nitrogens with one attached hydrogen (secondary N) is 1. The van der Waals surface area contributed by atoms with E-state index < -0.39 is 0 Å². The zero-order valence-electron chi connectivity index (χ0n) is 15.2. The lowest BCUT2D eigenvalue weighted by molar-refractivity contribution is 0.0786. The van der Waals surface area contributed by atoms with Gasteiger partial charge < -0.3 is 10.2 Å². The number of nitrogens with zero attached hydrogens (tertiary/aromatic N) is 4. The summed E-state index contributed by atoms with van der Waals surface area (Å²) in [6, 6.07) is 9.01. The molecule has 3 heterocycles. The van der Waals surface area contributed by atoms with Crippen molar-refractivity contribution < 1.29 is 4.79 Å². The van der Waals surface area contributed by atoms with Crippen LogP contribution in [0.4, 0.5) is 5.82 Å². The van der Waals surface area contributed by atoms with Crippen molar-refractivity contribution in [1.29, 1.82) is 0 Å². The highest BCUT2D eigenvalue weighted by Crippen LogP contribution is 2.22. The summed E-state index contributed by atoms with van der Waals surface area (Å²) in [6.45, 7) is 3.39. The summed E-state index contributed by atoms with van der Waals surface area (Å²) < 4.78 is 0. The Morgan fingerprint density at radius 3 is 2.77 bits per heavy atom. The summed E-state index contributed by atoms with van der Waals surface area (Å²) in [5, 5.41) is 3.38. The third kappa shape index (κ3) is 3.55. The van der Waals surface area contributed by atoms with Crippen LogP contribution in [-0.4, -0.2) is 58.4 Å². The second-order valence-electron chi connectivity index (χ2n) is 7.21. The van der Waals surface area contributed by atoms with Crippen LogP contribution in [0.15, 0.2) is 36.7 Å². The fourth-order valence-electron chi connectivity index (χ4n) is 3.81. The van der Waals surface area contributed by atoms with Crippen LogP contribution >= 0.6 is 0 Å². The van der Waals surface area contributed by atoms with Gasteiger partial charge in [0.1, 0.15) is 11.5 Å². The van der Waals surface area contributed by atoms with E-state index in [2.05, 4.69) is 51.5 Å². The molecule has 0 saturated carbocycles. The second kappa shape index (κ2) is 7.41. The number of rotatable bonds is 4. The molecule has 0 radical (unpaired) electrons. The first-order chi connectivity index (χ1) is 12.7. The Labute approximate surface area is 154 Å². The van der Waals surface area contributed by atoms with E-state index in [-0.39, 0.29) is 5.91 Å². The van der Waals surface area contributed by atoms with Gasteiger partial charge in [-0.3, -0.25) is 14.7 Å². The number of likely N-dealkylation sites (tertiary alicyclic amines) is 1. The summed E-state index contributed by atoms with van der Waals surface area (Å²) in [5.74, 6) is 0.657. The van der Waals surface area contributed by atoms with Crippen LogP contribution < -0.4 is 5.32 Å². The molecule has 2 aromatic rings. The van der Waals surface area contributed by atoms with Crippen molar-refractivity contribution in [3.8, 4) is 0 Å². The fraction of sp³-hybridized carbons (Fsp3) is 0.450. The van der Waals surface area contributed by atoms with Crippen molar-refractivity contribution in [3.63, 3.8) is 0 Å². The molecule has 6 heteroatoms. The summed E-state index contributed by atoms with van der Waals surface area (Å²) in [5.41, 5.74) is 3.25. The van der Waals surface area contributed by atoms with E-state index in [4.69, 9.17) is 0 Å². The lowest BCUT2D eigenvalue weighted by Crippen LogP contribution is -2.42. The van der Waals surface area contributed by atoms with E-state index in [1.165, 1.54) is 11.1 Å². The minimum atomic E-state index is -0.0117. The molecule has 136 valence electrons. The predicted octanol–water partition coefficient (Wildman–Crippen LogP) is 2.18. The summed E-state index contributed by atoms with van der Waals surface area (Å²) in [7, 11) is 2.15. The molecule has 1 N–H and O–H groups in total. The molecule has 1 amide bonds. The maximum atomic E-state index is 12.5. The van der Waals surface area contributed by atoms with Gasteiger partial charge >= 0.3 is 0 Å². The van der Waals surface area contributed by atoms with Crippen LogP contribution in [0.3, 0.4) is 0 Å². The van der Waals surface area contributed by atoms with Gasteiger partial charge in [0.2, 0.25) is 0 Å². The van der Waals surface area contributed by atoms with Gasteiger partial charge in [0.15, 0.2) is 0 Å². The van der Waals surface area contributed by atoms with Gasteiger partial charge in [-0.15, -0.1) is 0 Å². The number of hydrogen-bond acceptors (Lipinski definition) is 5. The Kier molecular flexibility index (Phi) is 4.84. The molecule has 1 aromatic heterocycles. The van der Waals surface area contributed by atoms with Crippen molar-refractivity contribution in [2.24, 2.45) is 0 Å². The highest BCUT2D eigenvalue weighted by Gasteiger charge is 2.24. The number of aromatic nitrogens is 2. The number of fused-ring (bicyclic) bond motifs is 1. The van der Waals surface area contributed by atoms with E-state index in [1.807, 2.05) is 4.90 Å². The Bertz CT molecular complexity index is 787. The first-order valence-corrected chi connectivity index (χ1v) is 9.33. The lowest BCUT2D eigenvalue weighted by atomic mass is 9.94. The number of hydrogen-bond donors (Lipinski definition) is 1. The number of benzene rings is 1. The number of likely N-dealkylation sites (N-methyl/N-ethyl adjacent to an activating group) is 1. The largest absolute Gasteiger partial charge is 0.367 e. The van der Waals surface area contributed by atoms with Crippen LogP contribution in [0.5, 0.6) is 0 Å². The van der Waals surface area contributed by atoms with Crippen LogP contribution in [0.25, 0.3) is 0 Å². The van der Waals surface area contributed by atoms with Crippen LogP contribution in [0.1, 0.15) is 34.5 Å². The topological polar surface area (TPSA) is 61.4 Å². The smallest absolute Gasteiger partial charge is 0.274 e. The standard InChI is InChI=1S/C20H25N5O/c1-24-14-16-7-3-2-6-15(16)10-17(24)11-22-19-13-21-12-18(23-19)20(26)25-8-4-5-9-25/h2-3,6-7,12-13,17H,4-5,8-11,14H2,1H3,(H,22,23)/t17-/m1/s1. The first kappa shape index (κ1) is 17.0. The number of anilines is 1. The molecule has 1 saturated heterocycles. The molecule has 6 nitrogen and oxygen atoms in total. The second-order valence-corrected chi connectivity index (χ2v) is 7.21. The molecule has 0 aliphatic carbocycles. The number of carbonyl (C=O) groups excluding carboxylic acids is 1. The molecule has 4 rings (SSSR count). The van der Waals surface area contributed by atoms with Gasteiger partial charge in [-0.25, -0.2) is 4.98 Å². The third-order valence-electron chi connectivity index (χ3n) is 5.38. The summed E-state index contributed by atoms with van der Waals surface area (Å²) in [6.07, 6.45) is 6.42. The Morgan fingerprint density at radius 2 is 1.96 bits per heavy atom. The van der Waals surface area contributed by atoms with Gasteiger partial charge in [0.25, 0.3) is 5.91 Å². The van der Waals surface area contributed by atoms with Gasteiger partial charge in [0, 0.05) is 32.2 Å². The molecule has 1 atom stereocenters. The van der Waals surface area contributed by atoms with E-state index in [0.717, 1.165) is 45.4 Å². The molecule has 0 unspecified atom stereocenters. The minimum absolute atomic E-state index is 0.0117. The van der Waals surface area contributed by atoms with Crippen LogP contribution in [-0.2, 0) is 13.0 Å². The molecule has 26 heavy (non-hydrogen) atoms. The Morgan fingerprint density at radius 1 is 1.19 bits per heavy atom. The lowest BCUT2D eigenvalue weighted by Gasteiger charge is -2.34. The molecular formula is C20H25N5O. The predicted molar refractivity (Wildman–Crippen MR) is 101 cm³/mol. The van der Waals surface area contributed by atoms with E-state index >= 15 is 0 Å². The van der Waals surface area contributed by atoms with Crippen molar-refractivity contribution in [2.45, 2.75) is 31.8 Å². The van der Waals surface area contributed by atoms with E-state index in [0.29, 0.717) is 17.6 Å². The van der Waals surface area contributed by atoms with Crippen LogP contribution in [0, 0.1) is 0 Å². The third-order valence-corrected chi connectivity index (χ3v) is 5.38. The Balaban J connectivity index is 1.40.